The van der Waals surface area contributed by atoms with E-state index < -0.39 is 0 Å². The number of carbonyl (C=O) groups is 1. The van der Waals surface area contributed by atoms with Crippen molar-refractivity contribution in [1.82, 2.24) is 15.1 Å². The van der Waals surface area contributed by atoms with Crippen LogP contribution in [0.2, 0.25) is 0 Å². The van der Waals surface area contributed by atoms with Gasteiger partial charge in [0.25, 0.3) is 0 Å². The Morgan fingerprint density at radius 1 is 1.23 bits per heavy atom. The number of nitrogens with one attached hydrogen (secondary N) is 1. The van der Waals surface area contributed by atoms with Gasteiger partial charge in [0.05, 0.1) is 0 Å². The van der Waals surface area contributed by atoms with Crippen LogP contribution in [-0.2, 0) is 0 Å². The summed E-state index contributed by atoms with van der Waals surface area (Å²) in [4.78, 5) is 16.9. The maximum atomic E-state index is 12.7. The number of likely N-dealkylation sites (tertiary alicyclic amines) is 1. The molecule has 1 aliphatic heterocycles. The number of carbonyl (C=O) groups excluding carboxylic acids is 1. The molecule has 1 saturated carbocycles. The quantitative estimate of drug-likeness (QED) is 0.864. The summed E-state index contributed by atoms with van der Waals surface area (Å²) in [6, 6.07) is 7.60. The molecule has 0 aromatic heterocycles. The molecule has 0 bridgehead atoms. The summed E-state index contributed by atoms with van der Waals surface area (Å²) in [5.74, 6) is 0.752. The molecule has 0 radical (unpaired) electrons. The highest BCUT2D eigenvalue weighted by Crippen LogP contribution is 2.32. The van der Waals surface area contributed by atoms with E-state index >= 15 is 0 Å². The summed E-state index contributed by atoms with van der Waals surface area (Å²) in [6.45, 7) is 2.30. The molecule has 144 valence electrons. The maximum absolute atomic E-state index is 12.7. The molecule has 1 saturated heterocycles. The molecule has 0 unspecified atom stereocenters. The van der Waals surface area contributed by atoms with Gasteiger partial charge in [-0.05, 0) is 63.4 Å². The van der Waals surface area contributed by atoms with Gasteiger partial charge in [0.15, 0.2) is 0 Å². The summed E-state index contributed by atoms with van der Waals surface area (Å²) in [5, 5.41) is 12.9. The highest BCUT2D eigenvalue weighted by Gasteiger charge is 2.35. The number of phenols is 1. The first kappa shape index (κ1) is 19.0. The lowest BCUT2D eigenvalue weighted by Gasteiger charge is -2.43. The summed E-state index contributed by atoms with van der Waals surface area (Å²) < 4.78 is 0. The Hall–Kier alpha value is -1.75. The molecule has 0 atom stereocenters. The predicted octanol–water partition coefficient (Wildman–Crippen LogP) is 3.55. The highest BCUT2D eigenvalue weighted by molar-refractivity contribution is 5.74. The van der Waals surface area contributed by atoms with Crippen LogP contribution < -0.4 is 5.32 Å². The Morgan fingerprint density at radius 3 is 2.54 bits per heavy atom. The van der Waals surface area contributed by atoms with E-state index in [2.05, 4.69) is 30.4 Å². The maximum Gasteiger partial charge on any atom is 0.317 e. The summed E-state index contributed by atoms with van der Waals surface area (Å²) in [5.41, 5.74) is 1.30. The van der Waals surface area contributed by atoms with Crippen LogP contribution in [0.4, 0.5) is 4.79 Å². The van der Waals surface area contributed by atoms with E-state index in [0.717, 1.165) is 32.5 Å². The van der Waals surface area contributed by atoms with Crippen molar-refractivity contribution in [2.24, 2.45) is 0 Å². The van der Waals surface area contributed by atoms with Gasteiger partial charge in [0.1, 0.15) is 5.75 Å². The van der Waals surface area contributed by atoms with Gasteiger partial charge in [-0.15, -0.1) is 0 Å². The van der Waals surface area contributed by atoms with Crippen molar-refractivity contribution in [2.45, 2.75) is 56.4 Å². The molecule has 5 heteroatoms. The van der Waals surface area contributed by atoms with Crippen molar-refractivity contribution in [2.75, 3.05) is 33.7 Å². The average Bonchev–Trinajstić information content (AvgIpc) is 2.67. The number of rotatable bonds is 4. The minimum absolute atomic E-state index is 0.0751. The van der Waals surface area contributed by atoms with Crippen molar-refractivity contribution in [3.8, 4) is 5.75 Å². The molecule has 2 aliphatic rings. The summed E-state index contributed by atoms with van der Waals surface area (Å²) in [6.07, 6.45) is 8.06. The number of phenolic OH excluding ortho intramolecular Hbond substituents is 1. The normalized spacial score (nSPS) is 21.0. The molecule has 2 amide bonds. The topological polar surface area (TPSA) is 55.8 Å². The van der Waals surface area contributed by atoms with Crippen LogP contribution in [0, 0.1) is 0 Å². The second-order valence-corrected chi connectivity index (χ2v) is 8.19. The minimum atomic E-state index is 0.0751. The third-order valence-electron chi connectivity index (χ3n) is 6.43. The average molecular weight is 360 g/mol. The molecular weight excluding hydrogens is 326 g/mol. The minimum Gasteiger partial charge on any atom is -0.508 e. The zero-order chi connectivity index (χ0) is 18.6. The molecule has 2 N–H and O–H groups in total. The van der Waals surface area contributed by atoms with Crippen LogP contribution in [-0.4, -0.2) is 60.2 Å². The van der Waals surface area contributed by atoms with Crippen molar-refractivity contribution in [3.05, 3.63) is 29.8 Å². The number of hydrogen-bond donors (Lipinski definition) is 2. The van der Waals surface area contributed by atoms with E-state index in [1.165, 1.54) is 37.7 Å². The van der Waals surface area contributed by atoms with E-state index in [0.29, 0.717) is 11.7 Å². The first-order chi connectivity index (χ1) is 12.5. The van der Waals surface area contributed by atoms with E-state index in [4.69, 9.17) is 0 Å². The van der Waals surface area contributed by atoms with Crippen molar-refractivity contribution < 1.29 is 9.90 Å². The molecule has 26 heavy (non-hydrogen) atoms. The van der Waals surface area contributed by atoms with Crippen molar-refractivity contribution in [1.29, 1.82) is 0 Å². The number of amides is 2. The van der Waals surface area contributed by atoms with Gasteiger partial charge >= 0.3 is 6.03 Å². The fourth-order valence-corrected chi connectivity index (χ4v) is 4.54. The molecule has 3 rings (SSSR count). The smallest absolute Gasteiger partial charge is 0.317 e. The number of benzene rings is 1. The third kappa shape index (κ3) is 4.32. The SMILES string of the molecule is CN(C)C1(CNC(=O)N2CCC(c3cccc(O)c3)CC2)CCCCC1. The standard InChI is InChI=1S/C21H33N3O2/c1-23(2)21(11-4-3-5-12-21)16-22-20(26)24-13-9-17(10-14-24)18-7-6-8-19(25)15-18/h6-8,15,17,25H,3-5,9-14,16H2,1-2H3,(H,22,26). The number of nitrogens with zero attached hydrogens (tertiary/aromatic N) is 2. The zero-order valence-corrected chi connectivity index (χ0v) is 16.2. The van der Waals surface area contributed by atoms with E-state index in [9.17, 15) is 9.90 Å². The number of aromatic hydroxyl groups is 1. The lowest BCUT2D eigenvalue weighted by Crippen LogP contribution is -2.56. The number of piperidine rings is 1. The fourth-order valence-electron chi connectivity index (χ4n) is 4.54. The van der Waals surface area contributed by atoms with E-state index in [1.54, 1.807) is 6.07 Å². The van der Waals surface area contributed by atoms with Crippen LogP contribution in [0.5, 0.6) is 5.75 Å². The zero-order valence-electron chi connectivity index (χ0n) is 16.2. The van der Waals surface area contributed by atoms with Gasteiger partial charge in [0, 0.05) is 25.2 Å². The monoisotopic (exact) mass is 359 g/mol. The Bertz CT molecular complexity index is 603. The molecule has 5 nitrogen and oxygen atoms in total. The van der Waals surface area contributed by atoms with Gasteiger partial charge in [-0.25, -0.2) is 4.79 Å². The van der Waals surface area contributed by atoms with Crippen LogP contribution in [0.3, 0.4) is 0 Å². The van der Waals surface area contributed by atoms with Crippen molar-refractivity contribution >= 4 is 6.03 Å². The van der Waals surface area contributed by atoms with Gasteiger partial charge in [-0.1, -0.05) is 31.4 Å². The molecule has 1 aromatic rings. The Kier molecular flexibility index (Phi) is 6.07. The molecule has 1 heterocycles. The number of likely N-dealkylation sites (N-methyl/N-ethyl adjacent to an activating group) is 1. The van der Waals surface area contributed by atoms with E-state index in [1.807, 2.05) is 17.0 Å². The second-order valence-electron chi connectivity index (χ2n) is 8.19. The van der Waals surface area contributed by atoms with Crippen LogP contribution in [0.15, 0.2) is 24.3 Å². The molecule has 1 aliphatic carbocycles. The summed E-state index contributed by atoms with van der Waals surface area (Å²) in [7, 11) is 4.27. The molecule has 2 fully saturated rings. The first-order valence-corrected chi connectivity index (χ1v) is 9.99. The van der Waals surface area contributed by atoms with Gasteiger partial charge in [-0.2, -0.15) is 0 Å². The molecular formula is C21H33N3O2. The van der Waals surface area contributed by atoms with Crippen LogP contribution >= 0.6 is 0 Å². The van der Waals surface area contributed by atoms with Crippen LogP contribution in [0.25, 0.3) is 0 Å². The first-order valence-electron chi connectivity index (χ1n) is 9.99. The van der Waals surface area contributed by atoms with Crippen LogP contribution in [0.1, 0.15) is 56.4 Å². The fraction of sp³-hybridized carbons (Fsp3) is 0.667. The van der Waals surface area contributed by atoms with Gasteiger partial charge in [0.2, 0.25) is 0 Å². The number of hydrogen-bond acceptors (Lipinski definition) is 3. The Balaban J connectivity index is 1.50. The summed E-state index contributed by atoms with van der Waals surface area (Å²) >= 11 is 0. The number of urea groups is 1. The van der Waals surface area contributed by atoms with Gasteiger partial charge in [-0.3, -0.25) is 0 Å². The highest BCUT2D eigenvalue weighted by atomic mass is 16.3. The Morgan fingerprint density at radius 2 is 1.92 bits per heavy atom. The lowest BCUT2D eigenvalue weighted by atomic mass is 9.80. The molecule has 1 aromatic carbocycles. The molecule has 0 spiro atoms. The lowest BCUT2D eigenvalue weighted by molar-refractivity contribution is 0.0968. The van der Waals surface area contributed by atoms with E-state index in [-0.39, 0.29) is 11.6 Å². The van der Waals surface area contributed by atoms with Crippen molar-refractivity contribution in [3.63, 3.8) is 0 Å². The predicted molar refractivity (Wildman–Crippen MR) is 105 cm³/mol. The largest absolute Gasteiger partial charge is 0.508 e. The third-order valence-corrected chi connectivity index (χ3v) is 6.43. The van der Waals surface area contributed by atoms with Gasteiger partial charge < -0.3 is 20.2 Å². The Labute approximate surface area is 157 Å². The second kappa shape index (κ2) is 8.30.